The smallest absolute Gasteiger partial charge is 0.264 e. The van der Waals surface area contributed by atoms with Crippen LogP contribution in [0.5, 0.6) is 5.75 Å². The Morgan fingerprint density at radius 2 is 1.58 bits per heavy atom. The minimum absolute atomic E-state index is 0.0363. The van der Waals surface area contributed by atoms with Gasteiger partial charge in [0, 0.05) is 12.6 Å². The fraction of sp³-hybridized carbons (Fsp3) is 0.412. The van der Waals surface area contributed by atoms with Crippen LogP contribution in [0.2, 0.25) is 0 Å². The van der Waals surface area contributed by atoms with Crippen LogP contribution in [-0.2, 0) is 26.2 Å². The van der Waals surface area contributed by atoms with E-state index in [4.69, 9.17) is 4.74 Å². The van der Waals surface area contributed by atoms with E-state index < -0.39 is 28.5 Å². The summed E-state index contributed by atoms with van der Waals surface area (Å²) in [4.78, 5) is 29.6. The summed E-state index contributed by atoms with van der Waals surface area (Å²) in [6.07, 6.45) is 5.56. The number of aryl methyl sites for hydroxylation is 2. The zero-order valence-electron chi connectivity index (χ0n) is 25.6. The third-order valence-electron chi connectivity index (χ3n) is 8.19. The maximum absolute atomic E-state index is 14.3. The molecule has 230 valence electrons. The number of methoxy groups -OCH3 is 1. The summed E-state index contributed by atoms with van der Waals surface area (Å²) in [7, 11) is -2.63. The molecule has 0 heterocycles. The number of carbonyl (C=O) groups is 2. The summed E-state index contributed by atoms with van der Waals surface area (Å²) >= 11 is 0. The molecule has 1 fully saturated rings. The number of hydrogen-bond donors (Lipinski definition) is 1. The molecular weight excluding hydrogens is 562 g/mol. The van der Waals surface area contributed by atoms with Crippen LogP contribution in [0, 0.1) is 13.8 Å². The Balaban J connectivity index is 1.71. The minimum Gasteiger partial charge on any atom is -0.497 e. The molecule has 8 nitrogen and oxygen atoms in total. The predicted octanol–water partition coefficient (Wildman–Crippen LogP) is 5.76. The van der Waals surface area contributed by atoms with Crippen molar-refractivity contribution in [3.05, 3.63) is 89.5 Å². The maximum Gasteiger partial charge on any atom is 0.264 e. The van der Waals surface area contributed by atoms with Crippen LogP contribution in [-0.4, -0.2) is 50.9 Å². The number of nitrogens with one attached hydrogen (secondary N) is 1. The van der Waals surface area contributed by atoms with Gasteiger partial charge >= 0.3 is 0 Å². The highest BCUT2D eigenvalue weighted by Gasteiger charge is 2.34. The van der Waals surface area contributed by atoms with Crippen LogP contribution in [0.4, 0.5) is 5.69 Å². The van der Waals surface area contributed by atoms with Gasteiger partial charge in [-0.25, -0.2) is 8.42 Å². The number of amides is 2. The van der Waals surface area contributed by atoms with Crippen molar-refractivity contribution in [3.8, 4) is 5.75 Å². The minimum atomic E-state index is -4.15. The first-order chi connectivity index (χ1) is 20.6. The highest BCUT2D eigenvalue weighted by atomic mass is 32.2. The Hall–Kier alpha value is -3.85. The molecule has 9 heteroatoms. The van der Waals surface area contributed by atoms with Crippen LogP contribution in [0.15, 0.2) is 77.7 Å². The fourth-order valence-electron chi connectivity index (χ4n) is 5.55. The van der Waals surface area contributed by atoms with Crippen molar-refractivity contribution in [1.82, 2.24) is 10.2 Å². The molecule has 0 radical (unpaired) electrons. The fourth-order valence-corrected chi connectivity index (χ4v) is 6.96. The van der Waals surface area contributed by atoms with Gasteiger partial charge in [0.2, 0.25) is 11.8 Å². The Morgan fingerprint density at radius 3 is 2.19 bits per heavy atom. The van der Waals surface area contributed by atoms with E-state index in [-0.39, 0.29) is 23.4 Å². The zero-order chi connectivity index (χ0) is 31.0. The van der Waals surface area contributed by atoms with Gasteiger partial charge in [-0.05, 0) is 80.6 Å². The molecule has 0 spiro atoms. The lowest BCUT2D eigenvalue weighted by Gasteiger charge is -2.34. The quantitative estimate of drug-likeness (QED) is 0.283. The van der Waals surface area contributed by atoms with E-state index in [0.29, 0.717) is 17.9 Å². The van der Waals surface area contributed by atoms with Gasteiger partial charge in [-0.15, -0.1) is 0 Å². The SMILES string of the molecule is CCC(C(=O)NC1CCCCC1)N(Cc1ccccc1C)C(=O)CN(c1ccc(C)cc1)S(=O)(=O)c1ccc(OC)cc1. The van der Waals surface area contributed by atoms with E-state index in [1.807, 2.05) is 57.2 Å². The summed E-state index contributed by atoms with van der Waals surface area (Å²) in [5.41, 5.74) is 3.22. The molecule has 0 aliphatic heterocycles. The predicted molar refractivity (Wildman–Crippen MR) is 170 cm³/mol. The van der Waals surface area contributed by atoms with Crippen LogP contribution in [0.1, 0.15) is 62.1 Å². The molecule has 0 bridgehead atoms. The van der Waals surface area contributed by atoms with E-state index >= 15 is 0 Å². The number of rotatable bonds is 12. The Morgan fingerprint density at radius 1 is 0.930 bits per heavy atom. The third kappa shape index (κ3) is 7.96. The molecule has 4 rings (SSSR count). The number of carbonyl (C=O) groups excluding carboxylic acids is 2. The lowest BCUT2D eigenvalue weighted by Crippen LogP contribution is -2.54. The number of ether oxygens (including phenoxy) is 1. The number of benzene rings is 3. The van der Waals surface area contributed by atoms with Gasteiger partial charge in [0.15, 0.2) is 0 Å². The van der Waals surface area contributed by atoms with Crippen molar-refractivity contribution < 1.29 is 22.7 Å². The molecule has 2 amide bonds. The van der Waals surface area contributed by atoms with E-state index in [1.54, 1.807) is 29.2 Å². The molecule has 43 heavy (non-hydrogen) atoms. The molecule has 1 atom stereocenters. The first-order valence-corrected chi connectivity index (χ1v) is 16.5. The molecule has 1 saturated carbocycles. The van der Waals surface area contributed by atoms with Crippen molar-refractivity contribution in [2.24, 2.45) is 0 Å². The van der Waals surface area contributed by atoms with Crippen molar-refractivity contribution >= 4 is 27.5 Å². The van der Waals surface area contributed by atoms with Gasteiger partial charge in [0.05, 0.1) is 17.7 Å². The highest BCUT2D eigenvalue weighted by Crippen LogP contribution is 2.27. The first-order valence-electron chi connectivity index (χ1n) is 15.0. The Labute approximate surface area is 256 Å². The summed E-state index contributed by atoms with van der Waals surface area (Å²) < 4.78 is 34.5. The monoisotopic (exact) mass is 605 g/mol. The largest absolute Gasteiger partial charge is 0.497 e. The molecule has 3 aromatic carbocycles. The average molecular weight is 606 g/mol. The van der Waals surface area contributed by atoms with E-state index in [1.165, 1.54) is 25.7 Å². The highest BCUT2D eigenvalue weighted by molar-refractivity contribution is 7.92. The van der Waals surface area contributed by atoms with Crippen molar-refractivity contribution in [2.75, 3.05) is 18.0 Å². The summed E-state index contributed by atoms with van der Waals surface area (Å²) in [6.45, 7) is 5.49. The molecule has 3 aromatic rings. The third-order valence-corrected chi connectivity index (χ3v) is 9.98. The Kier molecular flexibility index (Phi) is 10.9. The van der Waals surface area contributed by atoms with E-state index in [2.05, 4.69) is 5.32 Å². The number of hydrogen-bond acceptors (Lipinski definition) is 5. The topological polar surface area (TPSA) is 96.0 Å². The molecule has 1 aliphatic carbocycles. The van der Waals surface area contributed by atoms with Crippen LogP contribution in [0.3, 0.4) is 0 Å². The number of sulfonamides is 1. The molecular formula is C34H43N3O5S. The molecule has 0 aromatic heterocycles. The molecule has 1 N–H and O–H groups in total. The number of anilines is 1. The van der Waals surface area contributed by atoms with Crippen LogP contribution in [0.25, 0.3) is 0 Å². The lowest BCUT2D eigenvalue weighted by molar-refractivity contribution is -0.140. The maximum atomic E-state index is 14.3. The van der Waals surface area contributed by atoms with Crippen molar-refractivity contribution in [2.45, 2.75) is 82.8 Å². The molecule has 1 aliphatic rings. The summed E-state index contributed by atoms with van der Waals surface area (Å²) in [5.74, 6) is -0.126. The number of nitrogens with zero attached hydrogens (tertiary/aromatic N) is 2. The van der Waals surface area contributed by atoms with Gasteiger partial charge in [-0.2, -0.15) is 0 Å². The second-order valence-electron chi connectivity index (χ2n) is 11.2. The summed E-state index contributed by atoms with van der Waals surface area (Å²) in [5, 5.41) is 3.19. The second kappa shape index (κ2) is 14.6. The van der Waals surface area contributed by atoms with Gasteiger partial charge in [-0.3, -0.25) is 13.9 Å². The second-order valence-corrected chi connectivity index (χ2v) is 13.1. The van der Waals surface area contributed by atoms with Crippen molar-refractivity contribution in [3.63, 3.8) is 0 Å². The molecule has 1 unspecified atom stereocenters. The average Bonchev–Trinajstić information content (AvgIpc) is 3.01. The first kappa shape index (κ1) is 32.1. The van der Waals surface area contributed by atoms with Crippen LogP contribution < -0.4 is 14.4 Å². The van der Waals surface area contributed by atoms with E-state index in [9.17, 15) is 18.0 Å². The van der Waals surface area contributed by atoms with Gasteiger partial charge < -0.3 is 15.0 Å². The van der Waals surface area contributed by atoms with E-state index in [0.717, 1.165) is 46.7 Å². The lowest BCUT2D eigenvalue weighted by atomic mass is 9.95. The standard InChI is InChI=1S/C34H43N3O5S/c1-5-32(34(39)35-28-13-7-6-8-14-28)36(23-27-12-10-9-11-26(27)3)33(38)24-37(29-17-15-25(2)16-18-29)43(40,41)31-21-19-30(42-4)20-22-31/h9-12,15-22,28,32H,5-8,13-14,23-24H2,1-4H3,(H,35,39). The normalized spacial score (nSPS) is 14.5. The Bertz CT molecular complexity index is 1480. The summed E-state index contributed by atoms with van der Waals surface area (Å²) in [6, 6.07) is 20.2. The zero-order valence-corrected chi connectivity index (χ0v) is 26.4. The van der Waals surface area contributed by atoms with Gasteiger partial charge in [-0.1, -0.05) is 68.1 Å². The van der Waals surface area contributed by atoms with Crippen LogP contribution >= 0.6 is 0 Å². The van der Waals surface area contributed by atoms with Crippen molar-refractivity contribution in [1.29, 1.82) is 0 Å². The van der Waals surface area contributed by atoms with Gasteiger partial charge in [0.1, 0.15) is 18.3 Å². The van der Waals surface area contributed by atoms with Gasteiger partial charge in [0.25, 0.3) is 10.0 Å². The molecule has 0 saturated heterocycles.